The van der Waals surface area contributed by atoms with Crippen molar-refractivity contribution in [3.05, 3.63) is 58.8 Å². The van der Waals surface area contributed by atoms with Gasteiger partial charge in [0.15, 0.2) is 0 Å². The summed E-state index contributed by atoms with van der Waals surface area (Å²) in [6, 6.07) is 13.8. The first-order valence-corrected chi connectivity index (χ1v) is 6.38. The lowest BCUT2D eigenvalue weighted by Gasteiger charge is -1.95. The van der Waals surface area contributed by atoms with Gasteiger partial charge in [-0.3, -0.25) is 0 Å². The molecule has 3 aromatic rings. The molecule has 1 heterocycles. The number of aromatic nitrogens is 2. The Kier molecular flexibility index (Phi) is 3.13. The van der Waals surface area contributed by atoms with Crippen LogP contribution in [0.2, 0.25) is 0 Å². The number of rotatable bonds is 2. The largest absolute Gasteiger partial charge is 0.334 e. The van der Waals surface area contributed by atoms with Crippen LogP contribution in [0.25, 0.3) is 22.8 Å². The van der Waals surface area contributed by atoms with Gasteiger partial charge in [0.05, 0.1) is 5.56 Å². The first-order chi connectivity index (χ1) is 9.24. The van der Waals surface area contributed by atoms with Gasteiger partial charge in [0.25, 0.3) is 5.89 Å². The predicted molar refractivity (Wildman–Crippen MR) is 72.8 cm³/mol. The van der Waals surface area contributed by atoms with Crippen molar-refractivity contribution in [1.82, 2.24) is 10.1 Å². The highest BCUT2D eigenvalue weighted by Crippen LogP contribution is 2.24. The van der Waals surface area contributed by atoms with Crippen molar-refractivity contribution in [3.63, 3.8) is 0 Å². The van der Waals surface area contributed by atoms with E-state index >= 15 is 0 Å². The molecule has 0 atom stereocenters. The van der Waals surface area contributed by atoms with E-state index < -0.39 is 0 Å². The zero-order valence-electron chi connectivity index (χ0n) is 9.68. The van der Waals surface area contributed by atoms with E-state index in [1.165, 1.54) is 6.07 Å². The molecule has 3 rings (SSSR count). The van der Waals surface area contributed by atoms with E-state index in [2.05, 4.69) is 26.1 Å². The van der Waals surface area contributed by atoms with E-state index in [1.54, 1.807) is 18.2 Å². The summed E-state index contributed by atoms with van der Waals surface area (Å²) >= 11 is 3.36. The van der Waals surface area contributed by atoms with Crippen LogP contribution in [-0.4, -0.2) is 10.1 Å². The summed E-state index contributed by atoms with van der Waals surface area (Å²) in [5.74, 6) is 0.232. The zero-order valence-corrected chi connectivity index (χ0v) is 11.3. The summed E-state index contributed by atoms with van der Waals surface area (Å²) < 4.78 is 19.7. The van der Waals surface area contributed by atoms with E-state index in [-0.39, 0.29) is 11.7 Å². The second-order valence-electron chi connectivity index (χ2n) is 3.91. The zero-order chi connectivity index (χ0) is 13.2. The normalized spacial score (nSPS) is 10.6. The number of halogens is 2. The molecule has 0 amide bonds. The van der Waals surface area contributed by atoms with Crippen molar-refractivity contribution >= 4 is 15.9 Å². The van der Waals surface area contributed by atoms with Gasteiger partial charge in [0, 0.05) is 10.0 Å². The van der Waals surface area contributed by atoms with E-state index in [0.717, 1.165) is 10.0 Å². The molecule has 0 aliphatic carbocycles. The van der Waals surface area contributed by atoms with Crippen LogP contribution in [0, 0.1) is 5.82 Å². The fourth-order valence-electron chi connectivity index (χ4n) is 1.68. The summed E-state index contributed by atoms with van der Waals surface area (Å²) in [6.45, 7) is 0. The van der Waals surface area contributed by atoms with E-state index in [1.807, 2.05) is 24.3 Å². The molecule has 2 aromatic carbocycles. The Bertz CT molecular complexity index is 709. The molecule has 0 unspecified atom stereocenters. The highest BCUT2D eigenvalue weighted by molar-refractivity contribution is 9.10. The van der Waals surface area contributed by atoms with Gasteiger partial charge in [0.1, 0.15) is 5.82 Å². The van der Waals surface area contributed by atoms with Crippen molar-refractivity contribution in [2.75, 3.05) is 0 Å². The quantitative estimate of drug-likeness (QED) is 0.707. The fourth-order valence-corrected chi connectivity index (χ4v) is 1.95. The van der Waals surface area contributed by atoms with E-state index in [0.29, 0.717) is 11.4 Å². The second-order valence-corrected chi connectivity index (χ2v) is 4.83. The third-order valence-corrected chi connectivity index (χ3v) is 3.16. The topological polar surface area (TPSA) is 38.9 Å². The molecule has 0 fully saturated rings. The Labute approximate surface area is 117 Å². The highest BCUT2D eigenvalue weighted by Gasteiger charge is 2.13. The average Bonchev–Trinajstić information content (AvgIpc) is 2.89. The molecule has 0 radical (unpaired) electrons. The summed E-state index contributed by atoms with van der Waals surface area (Å²) in [6.07, 6.45) is 0. The molecule has 5 heteroatoms. The molecule has 1 aromatic heterocycles. The average molecular weight is 319 g/mol. The minimum atomic E-state index is -0.381. The van der Waals surface area contributed by atoms with Crippen LogP contribution in [0.5, 0.6) is 0 Å². The minimum Gasteiger partial charge on any atom is -0.334 e. The van der Waals surface area contributed by atoms with Crippen molar-refractivity contribution in [1.29, 1.82) is 0 Å². The standard InChI is InChI=1S/C14H8BrFN2O/c15-10-7-5-9(6-8-10)13-17-14(19-18-13)11-3-1-2-4-12(11)16/h1-8H. The molecule has 0 saturated carbocycles. The smallest absolute Gasteiger partial charge is 0.261 e. The lowest BCUT2D eigenvalue weighted by molar-refractivity contribution is 0.429. The highest BCUT2D eigenvalue weighted by atomic mass is 79.9. The molecule has 0 aliphatic heterocycles. The van der Waals surface area contributed by atoms with Crippen LogP contribution < -0.4 is 0 Å². The van der Waals surface area contributed by atoms with Crippen molar-refractivity contribution in [2.45, 2.75) is 0 Å². The summed E-state index contributed by atoms with van der Waals surface area (Å²) in [7, 11) is 0. The lowest BCUT2D eigenvalue weighted by atomic mass is 10.2. The van der Waals surface area contributed by atoms with Gasteiger partial charge in [-0.25, -0.2) is 4.39 Å². The predicted octanol–water partition coefficient (Wildman–Crippen LogP) is 4.31. The molecule has 0 aliphatic rings. The lowest BCUT2D eigenvalue weighted by Crippen LogP contribution is -1.84. The Morgan fingerprint density at radius 1 is 1.00 bits per heavy atom. The Morgan fingerprint density at radius 3 is 2.47 bits per heavy atom. The Morgan fingerprint density at radius 2 is 1.74 bits per heavy atom. The minimum absolute atomic E-state index is 0.177. The van der Waals surface area contributed by atoms with Gasteiger partial charge < -0.3 is 4.52 Å². The number of hydrogen-bond donors (Lipinski definition) is 0. The van der Waals surface area contributed by atoms with E-state index in [4.69, 9.17) is 4.52 Å². The van der Waals surface area contributed by atoms with Crippen LogP contribution in [0.3, 0.4) is 0 Å². The number of benzene rings is 2. The maximum absolute atomic E-state index is 13.6. The second kappa shape index (κ2) is 4.93. The van der Waals surface area contributed by atoms with Gasteiger partial charge in [-0.2, -0.15) is 4.98 Å². The molecule has 0 bridgehead atoms. The number of hydrogen-bond acceptors (Lipinski definition) is 3. The summed E-state index contributed by atoms with van der Waals surface area (Å²) in [4.78, 5) is 4.21. The molecule has 0 N–H and O–H groups in total. The summed E-state index contributed by atoms with van der Waals surface area (Å²) in [5.41, 5.74) is 1.12. The van der Waals surface area contributed by atoms with Gasteiger partial charge >= 0.3 is 0 Å². The first kappa shape index (κ1) is 12.0. The third kappa shape index (κ3) is 2.42. The molecule has 0 saturated heterocycles. The Hall–Kier alpha value is -2.01. The monoisotopic (exact) mass is 318 g/mol. The van der Waals surface area contributed by atoms with Gasteiger partial charge in [0.2, 0.25) is 5.82 Å². The van der Waals surface area contributed by atoms with Crippen molar-refractivity contribution in [2.24, 2.45) is 0 Å². The Balaban J connectivity index is 2.00. The molecule has 94 valence electrons. The molecule has 0 spiro atoms. The SMILES string of the molecule is Fc1ccccc1-c1nc(-c2ccc(Br)cc2)no1. The summed E-state index contributed by atoms with van der Waals surface area (Å²) in [5, 5.41) is 3.87. The van der Waals surface area contributed by atoms with Crippen LogP contribution in [0.1, 0.15) is 0 Å². The van der Waals surface area contributed by atoms with Crippen molar-refractivity contribution in [3.8, 4) is 22.8 Å². The van der Waals surface area contributed by atoms with Gasteiger partial charge in [-0.1, -0.05) is 33.2 Å². The maximum Gasteiger partial charge on any atom is 0.261 e. The van der Waals surface area contributed by atoms with Crippen molar-refractivity contribution < 1.29 is 8.91 Å². The third-order valence-electron chi connectivity index (χ3n) is 2.63. The van der Waals surface area contributed by atoms with Crippen LogP contribution in [0.4, 0.5) is 4.39 Å². The van der Waals surface area contributed by atoms with Gasteiger partial charge in [-0.15, -0.1) is 0 Å². The van der Waals surface area contributed by atoms with Gasteiger partial charge in [-0.05, 0) is 36.4 Å². The number of nitrogens with zero attached hydrogens (tertiary/aromatic N) is 2. The fraction of sp³-hybridized carbons (Fsp3) is 0. The maximum atomic E-state index is 13.6. The van der Waals surface area contributed by atoms with E-state index in [9.17, 15) is 4.39 Å². The van der Waals surface area contributed by atoms with Crippen LogP contribution >= 0.6 is 15.9 Å². The molecule has 3 nitrogen and oxygen atoms in total. The first-order valence-electron chi connectivity index (χ1n) is 5.58. The molecular formula is C14H8BrFN2O. The van der Waals surface area contributed by atoms with Crippen LogP contribution in [-0.2, 0) is 0 Å². The molecular weight excluding hydrogens is 311 g/mol. The molecule has 19 heavy (non-hydrogen) atoms. The van der Waals surface area contributed by atoms with Crippen LogP contribution in [0.15, 0.2) is 57.5 Å².